The van der Waals surface area contributed by atoms with Crippen molar-refractivity contribution < 1.29 is 23.5 Å². The van der Waals surface area contributed by atoms with Crippen LogP contribution >= 0.6 is 0 Å². The Bertz CT molecular complexity index is 404. The lowest BCUT2D eigenvalue weighted by atomic mass is 10.0. The van der Waals surface area contributed by atoms with Gasteiger partial charge in [-0.15, -0.1) is 0 Å². The van der Waals surface area contributed by atoms with Gasteiger partial charge >= 0.3 is 11.9 Å². The predicted molar refractivity (Wildman–Crippen MR) is 115 cm³/mol. The van der Waals surface area contributed by atoms with Gasteiger partial charge in [-0.25, -0.2) is 0 Å². The van der Waals surface area contributed by atoms with Crippen molar-refractivity contribution in [3.63, 3.8) is 0 Å². The Balaban J connectivity index is 3.83. The molecule has 0 aliphatic rings. The lowest BCUT2D eigenvalue weighted by Gasteiger charge is -2.23. The van der Waals surface area contributed by atoms with Gasteiger partial charge in [-0.3, -0.25) is 9.59 Å². The first kappa shape index (κ1) is 26.9. The smallest absolute Gasteiger partial charge is 0.309 e. The lowest BCUT2D eigenvalue weighted by Crippen LogP contribution is -2.38. The van der Waals surface area contributed by atoms with E-state index in [9.17, 15) is 9.59 Å². The van der Waals surface area contributed by atoms with Gasteiger partial charge in [0.2, 0.25) is 0 Å². The van der Waals surface area contributed by atoms with E-state index in [2.05, 4.69) is 28.1 Å². The van der Waals surface area contributed by atoms with E-state index in [0.29, 0.717) is 6.61 Å². The van der Waals surface area contributed by atoms with Crippen LogP contribution < -0.4 is 0 Å². The number of rotatable bonds is 18. The van der Waals surface area contributed by atoms with Crippen LogP contribution in [0.1, 0.15) is 97.3 Å². The van der Waals surface area contributed by atoms with Gasteiger partial charge in [0.1, 0.15) is 19.3 Å². The molecule has 0 aromatic rings. The minimum absolute atomic E-state index is 0.161. The highest BCUT2D eigenvalue weighted by Crippen LogP contribution is 2.15. The maximum Gasteiger partial charge on any atom is 0.309 e. The summed E-state index contributed by atoms with van der Waals surface area (Å²) in [4.78, 5) is 23.3. The van der Waals surface area contributed by atoms with Gasteiger partial charge in [0.15, 0.2) is 0 Å². The second kappa shape index (κ2) is 16.8. The SMILES string of the molecule is CCCCCCCCCCCCCC(CC(=O)OCC[N+](C)(C)C)OC(C)=O. The van der Waals surface area contributed by atoms with Crippen LogP contribution in [0.2, 0.25) is 0 Å². The minimum atomic E-state index is -0.354. The van der Waals surface area contributed by atoms with Crippen LogP contribution in [0.5, 0.6) is 0 Å². The molecule has 0 saturated heterocycles. The van der Waals surface area contributed by atoms with Gasteiger partial charge in [0.25, 0.3) is 0 Å². The molecule has 166 valence electrons. The third kappa shape index (κ3) is 19.7. The largest absolute Gasteiger partial charge is 0.462 e. The van der Waals surface area contributed by atoms with Gasteiger partial charge in [0, 0.05) is 6.92 Å². The molecule has 0 rings (SSSR count). The Hall–Kier alpha value is -1.10. The zero-order valence-corrected chi connectivity index (χ0v) is 19.3. The quantitative estimate of drug-likeness (QED) is 0.179. The van der Waals surface area contributed by atoms with Crippen molar-refractivity contribution in [1.29, 1.82) is 0 Å². The van der Waals surface area contributed by atoms with Crippen molar-refractivity contribution in [2.24, 2.45) is 0 Å². The summed E-state index contributed by atoms with van der Waals surface area (Å²) < 4.78 is 11.4. The van der Waals surface area contributed by atoms with Crippen LogP contribution in [0.3, 0.4) is 0 Å². The number of ether oxygens (including phenoxy) is 2. The molecule has 0 aliphatic carbocycles. The molecule has 0 aliphatic heterocycles. The lowest BCUT2D eigenvalue weighted by molar-refractivity contribution is -0.870. The van der Waals surface area contributed by atoms with Crippen molar-refractivity contribution in [2.75, 3.05) is 34.3 Å². The van der Waals surface area contributed by atoms with Crippen LogP contribution in [-0.2, 0) is 19.1 Å². The second-order valence-corrected chi connectivity index (χ2v) is 8.99. The standard InChI is InChI=1S/C23H46NO4/c1-6-7-8-9-10-11-12-13-14-15-16-17-22(28-21(2)25)20-23(26)27-19-18-24(3,4)5/h22H,6-20H2,1-5H3/q+1. The van der Waals surface area contributed by atoms with Crippen molar-refractivity contribution in [3.8, 4) is 0 Å². The van der Waals surface area contributed by atoms with Crippen LogP contribution in [0.4, 0.5) is 0 Å². The molecule has 0 N–H and O–H groups in total. The number of carbonyl (C=O) groups is 2. The summed E-state index contributed by atoms with van der Waals surface area (Å²) in [5.74, 6) is -0.602. The zero-order chi connectivity index (χ0) is 21.3. The highest BCUT2D eigenvalue weighted by atomic mass is 16.6. The van der Waals surface area contributed by atoms with Crippen LogP contribution in [-0.4, -0.2) is 56.8 Å². The molecule has 0 radical (unpaired) electrons. The normalized spacial score (nSPS) is 12.6. The van der Waals surface area contributed by atoms with Crippen LogP contribution in [0, 0.1) is 0 Å². The molecule has 0 aromatic heterocycles. The third-order valence-electron chi connectivity index (χ3n) is 4.88. The number of esters is 2. The van der Waals surface area contributed by atoms with E-state index in [-0.39, 0.29) is 24.5 Å². The van der Waals surface area contributed by atoms with E-state index < -0.39 is 0 Å². The number of hydrogen-bond donors (Lipinski definition) is 0. The van der Waals surface area contributed by atoms with E-state index in [1.54, 1.807) is 0 Å². The van der Waals surface area contributed by atoms with Crippen LogP contribution in [0.15, 0.2) is 0 Å². The number of hydrogen-bond acceptors (Lipinski definition) is 4. The molecular formula is C23H46NO4+. The molecule has 0 fully saturated rings. The van der Waals surface area contributed by atoms with Crippen molar-refractivity contribution in [3.05, 3.63) is 0 Å². The van der Waals surface area contributed by atoms with Crippen LogP contribution in [0.25, 0.3) is 0 Å². The Kier molecular flexibility index (Phi) is 16.2. The summed E-state index contributed by atoms with van der Waals surface area (Å²) in [6.07, 6.45) is 14.6. The highest BCUT2D eigenvalue weighted by molar-refractivity contribution is 5.71. The van der Waals surface area contributed by atoms with E-state index >= 15 is 0 Å². The summed E-state index contributed by atoms with van der Waals surface area (Å²) in [5, 5.41) is 0. The van der Waals surface area contributed by atoms with E-state index in [1.165, 1.54) is 64.7 Å². The molecule has 0 saturated carbocycles. The molecule has 0 bridgehead atoms. The molecule has 0 amide bonds. The first-order valence-electron chi connectivity index (χ1n) is 11.4. The van der Waals surface area contributed by atoms with Crippen molar-refractivity contribution in [2.45, 2.75) is 103 Å². The first-order chi connectivity index (χ1) is 13.2. The van der Waals surface area contributed by atoms with Gasteiger partial charge in [-0.2, -0.15) is 0 Å². The van der Waals surface area contributed by atoms with Crippen molar-refractivity contribution >= 4 is 11.9 Å². The monoisotopic (exact) mass is 400 g/mol. The average Bonchev–Trinajstić information content (AvgIpc) is 2.57. The predicted octanol–water partition coefficient (Wildman–Crippen LogP) is 5.26. The van der Waals surface area contributed by atoms with Gasteiger partial charge in [-0.1, -0.05) is 71.1 Å². The fraction of sp³-hybridized carbons (Fsp3) is 0.913. The molecule has 5 heteroatoms. The number of unbranched alkanes of at least 4 members (excludes halogenated alkanes) is 10. The van der Waals surface area contributed by atoms with Gasteiger partial charge in [0.05, 0.1) is 27.6 Å². The molecule has 0 spiro atoms. The maximum absolute atomic E-state index is 12.0. The molecule has 5 nitrogen and oxygen atoms in total. The fourth-order valence-corrected chi connectivity index (χ4v) is 3.15. The van der Waals surface area contributed by atoms with Crippen molar-refractivity contribution in [1.82, 2.24) is 0 Å². The topological polar surface area (TPSA) is 52.6 Å². The Morgan fingerprint density at radius 2 is 1.32 bits per heavy atom. The summed E-state index contributed by atoms with van der Waals surface area (Å²) >= 11 is 0. The summed E-state index contributed by atoms with van der Waals surface area (Å²) in [7, 11) is 6.17. The maximum atomic E-state index is 12.0. The summed E-state index contributed by atoms with van der Waals surface area (Å²) in [5.41, 5.74) is 0. The molecule has 0 aromatic carbocycles. The van der Waals surface area contributed by atoms with E-state index in [0.717, 1.165) is 30.3 Å². The Morgan fingerprint density at radius 1 is 0.821 bits per heavy atom. The molecular weight excluding hydrogens is 354 g/mol. The summed E-state index contributed by atoms with van der Waals surface area (Å²) in [6.45, 7) is 4.81. The fourth-order valence-electron chi connectivity index (χ4n) is 3.15. The van der Waals surface area contributed by atoms with Gasteiger partial charge < -0.3 is 14.0 Å². The average molecular weight is 401 g/mol. The van der Waals surface area contributed by atoms with Gasteiger partial charge in [-0.05, 0) is 12.8 Å². The second-order valence-electron chi connectivity index (χ2n) is 8.99. The highest BCUT2D eigenvalue weighted by Gasteiger charge is 2.18. The Labute approximate surface area is 173 Å². The molecule has 1 unspecified atom stereocenters. The zero-order valence-electron chi connectivity index (χ0n) is 19.3. The molecule has 1 atom stereocenters. The van der Waals surface area contributed by atoms with E-state index in [4.69, 9.17) is 9.47 Å². The first-order valence-corrected chi connectivity index (χ1v) is 11.4. The molecule has 0 heterocycles. The van der Waals surface area contributed by atoms with E-state index in [1.807, 2.05) is 0 Å². The Morgan fingerprint density at radius 3 is 1.79 bits per heavy atom. The number of quaternary nitrogens is 1. The number of likely N-dealkylation sites (N-methyl/N-ethyl adjacent to an activating group) is 1. The summed E-state index contributed by atoms with van der Waals surface area (Å²) in [6, 6.07) is 0. The number of carbonyl (C=O) groups excluding carboxylic acids is 2. The third-order valence-corrected chi connectivity index (χ3v) is 4.88. The minimum Gasteiger partial charge on any atom is -0.462 e. The molecule has 28 heavy (non-hydrogen) atoms. The number of nitrogens with zero attached hydrogens (tertiary/aromatic N) is 1.